The van der Waals surface area contributed by atoms with Crippen molar-refractivity contribution >= 4 is 45.8 Å². The van der Waals surface area contributed by atoms with Crippen molar-refractivity contribution in [2.24, 2.45) is 0 Å². The van der Waals surface area contributed by atoms with Crippen LogP contribution in [0.3, 0.4) is 0 Å². The number of alkyl halides is 6. The van der Waals surface area contributed by atoms with Gasteiger partial charge in [-0.1, -0.05) is 24.3 Å². The summed E-state index contributed by atoms with van der Waals surface area (Å²) in [6.07, 6.45) is -6.48. The number of hydrogen-bond donors (Lipinski definition) is 4. The van der Waals surface area contributed by atoms with Crippen molar-refractivity contribution in [2.45, 2.75) is 105 Å². The van der Waals surface area contributed by atoms with Crippen LogP contribution in [0.2, 0.25) is 0 Å². The zero-order valence-electron chi connectivity index (χ0n) is 49.9. The van der Waals surface area contributed by atoms with E-state index >= 15 is 0 Å². The van der Waals surface area contributed by atoms with E-state index in [1.54, 1.807) is 95.9 Å². The maximum absolute atomic E-state index is 13.4. The molecule has 10 aromatic rings. The van der Waals surface area contributed by atoms with Crippen molar-refractivity contribution in [1.82, 2.24) is 50.6 Å². The number of fused-ring (bicyclic) bond motifs is 2. The maximum atomic E-state index is 13.4. The molecule has 10 rings (SSSR count). The largest absolute Gasteiger partial charge is 0.437 e. The molecule has 456 valence electrons. The molecule has 16 nitrogen and oxygen atoms in total. The van der Waals surface area contributed by atoms with E-state index < -0.39 is 60.9 Å². The van der Waals surface area contributed by atoms with Crippen LogP contribution in [0.1, 0.15) is 119 Å². The first-order valence-electron chi connectivity index (χ1n) is 28.1. The van der Waals surface area contributed by atoms with Gasteiger partial charge in [0.15, 0.2) is 0 Å². The molecule has 0 saturated carbocycles. The van der Waals surface area contributed by atoms with Gasteiger partial charge in [0.05, 0.1) is 56.7 Å². The average Bonchev–Trinajstić information content (AvgIpc) is 1.70. The number of carbonyl (C=O) groups is 4. The second-order valence-corrected chi connectivity index (χ2v) is 23.2. The molecule has 6 heterocycles. The summed E-state index contributed by atoms with van der Waals surface area (Å²) in [5.74, 6) is -1.07. The third kappa shape index (κ3) is 14.9. The summed E-state index contributed by atoms with van der Waals surface area (Å²) >= 11 is 0. The van der Waals surface area contributed by atoms with E-state index in [9.17, 15) is 45.5 Å². The Kier molecular flexibility index (Phi) is 17.7. The number of hydrogen-bond acceptors (Lipinski definition) is 10. The van der Waals surface area contributed by atoms with E-state index in [0.717, 1.165) is 22.8 Å². The first kappa shape index (κ1) is 62.7. The van der Waals surface area contributed by atoms with Gasteiger partial charge in [0, 0.05) is 89.5 Å². The Balaban J connectivity index is 0.000000209. The van der Waals surface area contributed by atoms with Gasteiger partial charge in [-0.15, -0.1) is 0 Å². The van der Waals surface area contributed by atoms with Gasteiger partial charge < -0.3 is 34.7 Å². The quantitative estimate of drug-likeness (QED) is 0.0758. The third-order valence-corrected chi connectivity index (χ3v) is 13.8. The standard InChI is InChI=1S/2C33H32F3N5O3/c1-19-14-16-41(40-19)23-11-9-20(10-12-23)28-27(30(43)37-5)25-18-24(26(38-31(25)44-28)13-15-33(34,35)36)21-7-6-8-22(17-21)29(42)39-32(2,3)4;1-19-17-41(18-38-19)23-11-9-20(10-12-23)28-27(30(43)37-5)25-16-24(26(39-31(25)44-28)13-14-33(34,35)36)21-7-6-8-22(15-21)29(42)40-32(2,3)4/h6-12,14,16-18H,13,15H2,1-5H3,(H,37,43)(H,39,42);6-12,15-18H,13-14H2,1-5H3,(H,37,43)(H,40,42). The molecule has 0 bridgehead atoms. The Morgan fingerprint density at radius 3 is 1.32 bits per heavy atom. The third-order valence-electron chi connectivity index (χ3n) is 13.8. The summed E-state index contributed by atoms with van der Waals surface area (Å²) in [6.45, 7) is 14.9. The van der Waals surface area contributed by atoms with Crippen LogP contribution in [0.15, 0.2) is 143 Å². The van der Waals surface area contributed by atoms with Gasteiger partial charge in [-0.3, -0.25) is 19.2 Å². The molecule has 0 saturated heterocycles. The molecule has 0 fully saturated rings. The number of benzene rings is 4. The van der Waals surface area contributed by atoms with Crippen LogP contribution in [0.5, 0.6) is 0 Å². The first-order chi connectivity index (χ1) is 41.4. The minimum atomic E-state index is -4.42. The average molecular weight is 1210 g/mol. The minimum absolute atomic E-state index is 0.0351. The van der Waals surface area contributed by atoms with Crippen LogP contribution < -0.4 is 21.3 Å². The van der Waals surface area contributed by atoms with Crippen LogP contribution in [0.4, 0.5) is 26.3 Å². The molecular weight excluding hydrogens is 1140 g/mol. The molecule has 0 aliphatic carbocycles. The molecule has 4 N–H and O–H groups in total. The Morgan fingerprint density at radius 1 is 0.523 bits per heavy atom. The van der Waals surface area contributed by atoms with Crippen LogP contribution in [0.25, 0.3) is 78.5 Å². The summed E-state index contributed by atoms with van der Waals surface area (Å²) in [5.41, 5.74) is 6.68. The van der Waals surface area contributed by atoms with Crippen molar-refractivity contribution in [1.29, 1.82) is 0 Å². The van der Waals surface area contributed by atoms with Crippen LogP contribution >= 0.6 is 0 Å². The van der Waals surface area contributed by atoms with Gasteiger partial charge in [-0.2, -0.15) is 31.4 Å². The lowest BCUT2D eigenvalue weighted by atomic mass is 9.96. The number of halogens is 6. The number of furan rings is 2. The molecule has 0 aliphatic rings. The molecule has 4 aromatic carbocycles. The fourth-order valence-electron chi connectivity index (χ4n) is 9.78. The number of nitrogens with one attached hydrogen (secondary N) is 4. The van der Waals surface area contributed by atoms with Crippen LogP contribution in [-0.4, -0.2) is 90.5 Å². The smallest absolute Gasteiger partial charge is 0.389 e. The van der Waals surface area contributed by atoms with Crippen LogP contribution in [0, 0.1) is 13.8 Å². The molecule has 0 atom stereocenters. The highest BCUT2D eigenvalue weighted by molar-refractivity contribution is 6.12. The molecule has 4 amide bonds. The minimum Gasteiger partial charge on any atom is -0.437 e. The Labute approximate surface area is 502 Å². The molecule has 0 spiro atoms. The molecule has 22 heteroatoms. The van der Waals surface area contributed by atoms with E-state index in [1.165, 1.54) is 14.1 Å². The number of amides is 4. The first-order valence-corrected chi connectivity index (χ1v) is 28.1. The number of carbonyl (C=O) groups excluding carboxylic acids is 4. The van der Waals surface area contributed by atoms with E-state index in [0.29, 0.717) is 55.3 Å². The molecule has 0 aliphatic heterocycles. The molecule has 6 aromatic heterocycles. The zero-order valence-corrected chi connectivity index (χ0v) is 49.9. The maximum Gasteiger partial charge on any atom is 0.389 e. The molecular formula is C66H64F6N10O6. The number of nitrogens with zero attached hydrogens (tertiary/aromatic N) is 6. The molecule has 0 radical (unpaired) electrons. The van der Waals surface area contributed by atoms with E-state index in [4.69, 9.17) is 8.83 Å². The lowest BCUT2D eigenvalue weighted by Gasteiger charge is -2.20. The summed E-state index contributed by atoms with van der Waals surface area (Å²) in [7, 11) is 2.97. The predicted molar refractivity (Wildman–Crippen MR) is 323 cm³/mol. The highest BCUT2D eigenvalue weighted by Gasteiger charge is 2.32. The normalized spacial score (nSPS) is 12.0. The fraction of sp³-hybridized carbons (Fsp3) is 0.273. The summed E-state index contributed by atoms with van der Waals surface area (Å²) in [4.78, 5) is 65.6. The monoisotopic (exact) mass is 1210 g/mol. The number of aryl methyl sites for hydroxylation is 4. The van der Waals surface area contributed by atoms with Crippen molar-refractivity contribution in [3.05, 3.63) is 179 Å². The Morgan fingerprint density at radius 2 is 0.955 bits per heavy atom. The van der Waals surface area contributed by atoms with Gasteiger partial charge >= 0.3 is 12.4 Å². The summed E-state index contributed by atoms with van der Waals surface area (Å²) < 4.78 is 95.9. The zero-order chi connectivity index (χ0) is 63.6. The highest BCUT2D eigenvalue weighted by atomic mass is 19.4. The van der Waals surface area contributed by atoms with Gasteiger partial charge in [-0.05, 0) is 170 Å². The SMILES string of the molecule is CNC(=O)c1c(-c2ccc(-n3ccc(C)n3)cc2)oc2nc(CCC(F)(F)F)c(-c3cccc(C(=O)NC(C)(C)C)c3)cc12.CNC(=O)c1c(-c2ccc(-n3cnc(C)c3)cc2)oc2nc(CCC(F)(F)F)c(-c3cccc(C(=O)NC(C)(C)C)c3)cc12. The highest BCUT2D eigenvalue weighted by Crippen LogP contribution is 2.40. The number of imidazole rings is 1. The van der Waals surface area contributed by atoms with E-state index in [-0.39, 0.29) is 57.3 Å². The summed E-state index contributed by atoms with van der Waals surface area (Å²) in [5, 5.41) is 16.1. The lowest BCUT2D eigenvalue weighted by Crippen LogP contribution is -2.40. The van der Waals surface area contributed by atoms with Crippen molar-refractivity contribution in [3.8, 4) is 56.3 Å². The molecule has 0 unspecified atom stereocenters. The van der Waals surface area contributed by atoms with Gasteiger partial charge in [-0.25, -0.2) is 19.6 Å². The lowest BCUT2D eigenvalue weighted by molar-refractivity contribution is -0.135. The van der Waals surface area contributed by atoms with Crippen LogP contribution in [-0.2, 0) is 12.8 Å². The fourth-order valence-corrected chi connectivity index (χ4v) is 9.78. The van der Waals surface area contributed by atoms with E-state index in [1.807, 2.05) is 103 Å². The van der Waals surface area contributed by atoms with Crippen molar-refractivity contribution < 1.29 is 54.4 Å². The van der Waals surface area contributed by atoms with E-state index in [2.05, 4.69) is 41.3 Å². The summed E-state index contributed by atoms with van der Waals surface area (Å²) in [6, 6.07) is 32.8. The number of pyridine rings is 2. The second kappa shape index (κ2) is 24.9. The van der Waals surface area contributed by atoms with Gasteiger partial charge in [0.2, 0.25) is 11.4 Å². The topological polar surface area (TPSA) is 204 Å². The van der Waals surface area contributed by atoms with Crippen molar-refractivity contribution in [2.75, 3.05) is 14.1 Å². The number of aromatic nitrogens is 6. The Hall–Kier alpha value is -9.86. The van der Waals surface area contributed by atoms with Gasteiger partial charge in [0.25, 0.3) is 23.6 Å². The van der Waals surface area contributed by atoms with Gasteiger partial charge in [0.1, 0.15) is 11.5 Å². The predicted octanol–water partition coefficient (Wildman–Crippen LogP) is 14.1. The second-order valence-electron chi connectivity index (χ2n) is 23.2. The molecule has 88 heavy (non-hydrogen) atoms. The Bertz CT molecular complexity index is 3970. The van der Waals surface area contributed by atoms with Crippen molar-refractivity contribution in [3.63, 3.8) is 0 Å². The number of rotatable bonds is 14.